The molecule has 0 amide bonds. The Morgan fingerprint density at radius 3 is 2.00 bits per heavy atom. The molecule has 0 spiro atoms. The number of nitrogens with zero attached hydrogens (tertiary/aromatic N) is 2. The second kappa shape index (κ2) is 8.14. The highest BCUT2D eigenvalue weighted by molar-refractivity contribution is 6.32. The predicted molar refractivity (Wildman–Crippen MR) is 104 cm³/mol. The van der Waals surface area contributed by atoms with E-state index in [2.05, 4.69) is 9.97 Å². The van der Waals surface area contributed by atoms with Crippen LogP contribution in [0.2, 0.25) is 5.02 Å². The van der Waals surface area contributed by atoms with Crippen LogP contribution in [-0.2, 0) is 0 Å². The quantitative estimate of drug-likeness (QED) is 0.621. The van der Waals surface area contributed by atoms with Gasteiger partial charge in [-0.3, -0.25) is 0 Å². The van der Waals surface area contributed by atoms with Crippen LogP contribution in [0.3, 0.4) is 0 Å². The van der Waals surface area contributed by atoms with Crippen molar-refractivity contribution < 1.29 is 18.9 Å². The fourth-order valence-electron chi connectivity index (χ4n) is 2.82. The van der Waals surface area contributed by atoms with Gasteiger partial charge in [-0.15, -0.1) is 0 Å². The number of methoxy groups -OCH3 is 4. The fraction of sp³-hybridized carbons (Fsp3) is 0.200. The molecule has 3 aromatic rings. The SMILES string of the molecule is COc1ccc(-c2cncnc2-c2cc(OC)c(OC)c(OC)c2)cc1Cl. The first-order valence-electron chi connectivity index (χ1n) is 8.07. The van der Waals surface area contributed by atoms with Gasteiger partial charge < -0.3 is 18.9 Å². The molecule has 1 heterocycles. The van der Waals surface area contributed by atoms with Crippen LogP contribution in [0.25, 0.3) is 22.4 Å². The second-order valence-electron chi connectivity index (χ2n) is 5.55. The smallest absolute Gasteiger partial charge is 0.203 e. The van der Waals surface area contributed by atoms with E-state index in [1.807, 2.05) is 30.3 Å². The van der Waals surface area contributed by atoms with Crippen LogP contribution >= 0.6 is 11.6 Å². The van der Waals surface area contributed by atoms with Crippen LogP contribution < -0.4 is 18.9 Å². The number of hydrogen-bond acceptors (Lipinski definition) is 6. The van der Waals surface area contributed by atoms with Crippen molar-refractivity contribution in [2.45, 2.75) is 0 Å². The molecular weight excluding hydrogens is 368 g/mol. The zero-order valence-electron chi connectivity index (χ0n) is 15.4. The first-order chi connectivity index (χ1) is 13.1. The van der Waals surface area contributed by atoms with Crippen molar-refractivity contribution in [1.82, 2.24) is 9.97 Å². The third-order valence-corrected chi connectivity index (χ3v) is 4.41. The highest BCUT2D eigenvalue weighted by Crippen LogP contribution is 2.43. The number of halogens is 1. The molecule has 0 saturated carbocycles. The van der Waals surface area contributed by atoms with E-state index in [-0.39, 0.29) is 0 Å². The van der Waals surface area contributed by atoms with Crippen molar-refractivity contribution in [2.24, 2.45) is 0 Å². The molecule has 3 rings (SSSR count). The Labute approximate surface area is 162 Å². The molecule has 6 nitrogen and oxygen atoms in total. The molecule has 140 valence electrons. The topological polar surface area (TPSA) is 62.7 Å². The average Bonchev–Trinajstić information content (AvgIpc) is 2.72. The highest BCUT2D eigenvalue weighted by atomic mass is 35.5. The molecule has 7 heteroatoms. The maximum atomic E-state index is 6.29. The Morgan fingerprint density at radius 2 is 1.44 bits per heavy atom. The number of aromatic nitrogens is 2. The molecule has 1 aromatic heterocycles. The Bertz CT molecular complexity index is 937. The lowest BCUT2D eigenvalue weighted by atomic mass is 10.00. The normalized spacial score (nSPS) is 10.4. The van der Waals surface area contributed by atoms with Crippen molar-refractivity contribution in [3.8, 4) is 45.4 Å². The monoisotopic (exact) mass is 386 g/mol. The third kappa shape index (κ3) is 3.61. The van der Waals surface area contributed by atoms with Crippen LogP contribution in [0.5, 0.6) is 23.0 Å². The van der Waals surface area contributed by atoms with Gasteiger partial charge in [0, 0.05) is 17.3 Å². The molecule has 0 fully saturated rings. The summed E-state index contributed by atoms with van der Waals surface area (Å²) in [6, 6.07) is 9.23. The van der Waals surface area contributed by atoms with E-state index in [4.69, 9.17) is 30.5 Å². The first kappa shape index (κ1) is 18.8. The summed E-state index contributed by atoms with van der Waals surface area (Å²) in [5.41, 5.74) is 3.20. The maximum Gasteiger partial charge on any atom is 0.203 e. The Morgan fingerprint density at radius 1 is 0.778 bits per heavy atom. The van der Waals surface area contributed by atoms with Crippen molar-refractivity contribution in [2.75, 3.05) is 28.4 Å². The van der Waals surface area contributed by atoms with E-state index in [0.717, 1.165) is 16.7 Å². The molecular formula is C20H19ClN2O4. The summed E-state index contributed by atoms with van der Waals surface area (Å²) >= 11 is 6.29. The van der Waals surface area contributed by atoms with E-state index in [1.165, 1.54) is 6.33 Å². The molecule has 0 saturated heterocycles. The summed E-state index contributed by atoms with van der Waals surface area (Å²) in [6.07, 6.45) is 3.23. The minimum absolute atomic E-state index is 0.509. The Balaban J connectivity index is 2.18. The summed E-state index contributed by atoms with van der Waals surface area (Å²) in [5, 5.41) is 0.509. The van der Waals surface area contributed by atoms with Gasteiger partial charge in [0.2, 0.25) is 5.75 Å². The molecule has 0 bridgehead atoms. The van der Waals surface area contributed by atoms with Crippen LogP contribution in [0.1, 0.15) is 0 Å². The summed E-state index contributed by atoms with van der Waals surface area (Å²) in [7, 11) is 6.29. The van der Waals surface area contributed by atoms with Crippen LogP contribution in [0.4, 0.5) is 0 Å². The average molecular weight is 387 g/mol. The fourth-order valence-corrected chi connectivity index (χ4v) is 3.08. The van der Waals surface area contributed by atoms with Gasteiger partial charge in [0.15, 0.2) is 11.5 Å². The van der Waals surface area contributed by atoms with Gasteiger partial charge in [0.1, 0.15) is 12.1 Å². The molecule has 0 aliphatic carbocycles. The molecule has 27 heavy (non-hydrogen) atoms. The highest BCUT2D eigenvalue weighted by Gasteiger charge is 2.18. The summed E-state index contributed by atoms with van der Waals surface area (Å²) < 4.78 is 21.5. The minimum Gasteiger partial charge on any atom is -0.495 e. The van der Waals surface area contributed by atoms with Gasteiger partial charge in [0.25, 0.3) is 0 Å². The first-order valence-corrected chi connectivity index (χ1v) is 8.45. The van der Waals surface area contributed by atoms with Crippen LogP contribution in [0.15, 0.2) is 42.9 Å². The van der Waals surface area contributed by atoms with E-state index in [1.54, 1.807) is 34.6 Å². The largest absolute Gasteiger partial charge is 0.495 e. The second-order valence-corrected chi connectivity index (χ2v) is 5.96. The molecule has 0 radical (unpaired) electrons. The van der Waals surface area contributed by atoms with Gasteiger partial charge in [-0.25, -0.2) is 9.97 Å². The van der Waals surface area contributed by atoms with Crippen molar-refractivity contribution in [3.63, 3.8) is 0 Å². The minimum atomic E-state index is 0.509. The van der Waals surface area contributed by atoms with Gasteiger partial charge in [-0.1, -0.05) is 17.7 Å². The third-order valence-electron chi connectivity index (χ3n) is 4.11. The lowest BCUT2D eigenvalue weighted by molar-refractivity contribution is 0.324. The maximum absolute atomic E-state index is 6.29. The lowest BCUT2D eigenvalue weighted by Gasteiger charge is -2.15. The molecule has 2 aromatic carbocycles. The van der Waals surface area contributed by atoms with Crippen molar-refractivity contribution >= 4 is 11.6 Å². The van der Waals surface area contributed by atoms with Crippen LogP contribution in [0, 0.1) is 0 Å². The van der Waals surface area contributed by atoms with Crippen LogP contribution in [-0.4, -0.2) is 38.4 Å². The standard InChI is InChI=1S/C20H19ClN2O4/c1-24-16-6-5-12(7-15(16)21)14-10-22-11-23-19(14)13-8-17(25-2)20(27-4)18(9-13)26-3/h5-11H,1-4H3. The number of hydrogen-bond donors (Lipinski definition) is 0. The lowest BCUT2D eigenvalue weighted by Crippen LogP contribution is -1.97. The number of ether oxygens (including phenoxy) is 4. The molecule has 0 aliphatic rings. The Kier molecular flexibility index (Phi) is 5.66. The number of rotatable bonds is 6. The van der Waals surface area contributed by atoms with Gasteiger partial charge in [-0.05, 0) is 29.8 Å². The van der Waals surface area contributed by atoms with Crippen molar-refractivity contribution in [1.29, 1.82) is 0 Å². The van der Waals surface area contributed by atoms with Gasteiger partial charge in [-0.2, -0.15) is 0 Å². The van der Waals surface area contributed by atoms with E-state index >= 15 is 0 Å². The summed E-state index contributed by atoms with van der Waals surface area (Å²) in [4.78, 5) is 8.63. The van der Waals surface area contributed by atoms with Crippen molar-refractivity contribution in [3.05, 3.63) is 47.9 Å². The summed E-state index contributed by atoms with van der Waals surface area (Å²) in [5.74, 6) is 2.21. The zero-order valence-corrected chi connectivity index (χ0v) is 16.2. The number of benzene rings is 2. The van der Waals surface area contributed by atoms with E-state index in [0.29, 0.717) is 33.7 Å². The Hall–Kier alpha value is -2.99. The zero-order chi connectivity index (χ0) is 19.4. The van der Waals surface area contributed by atoms with Gasteiger partial charge in [0.05, 0.1) is 39.2 Å². The summed E-state index contributed by atoms with van der Waals surface area (Å²) in [6.45, 7) is 0. The molecule has 0 atom stereocenters. The molecule has 0 N–H and O–H groups in total. The van der Waals surface area contributed by atoms with E-state index in [9.17, 15) is 0 Å². The molecule has 0 unspecified atom stereocenters. The van der Waals surface area contributed by atoms with E-state index < -0.39 is 0 Å². The van der Waals surface area contributed by atoms with Gasteiger partial charge >= 0.3 is 0 Å². The predicted octanol–water partition coefficient (Wildman–Crippen LogP) is 4.50. The molecule has 0 aliphatic heterocycles.